The van der Waals surface area contributed by atoms with Crippen molar-refractivity contribution in [2.24, 2.45) is 5.73 Å². The van der Waals surface area contributed by atoms with Crippen molar-refractivity contribution in [2.75, 3.05) is 19.6 Å². The molecule has 1 aliphatic heterocycles. The number of unbranched alkanes of at least 4 members (excludes halogenated alkanes) is 1. The first kappa shape index (κ1) is 13.8. The van der Waals surface area contributed by atoms with Gasteiger partial charge in [-0.2, -0.15) is 0 Å². The van der Waals surface area contributed by atoms with Gasteiger partial charge in [-0.3, -0.25) is 4.79 Å². The summed E-state index contributed by atoms with van der Waals surface area (Å²) in [6, 6.07) is 0.0333. The van der Waals surface area contributed by atoms with Crippen LogP contribution in [0.3, 0.4) is 0 Å². The predicted octanol–water partition coefficient (Wildman–Crippen LogP) is 1.23. The number of nitrogens with two attached hydrogens (primary N) is 1. The number of rotatable bonds is 5. The molecule has 1 rings (SSSR count). The lowest BCUT2D eigenvalue weighted by molar-refractivity contribution is -0.118. The van der Waals surface area contributed by atoms with E-state index in [1.165, 1.54) is 12.8 Å². The second-order valence-electron chi connectivity index (χ2n) is 4.56. The van der Waals surface area contributed by atoms with Gasteiger partial charge < -0.3 is 16.0 Å². The highest BCUT2D eigenvalue weighted by Gasteiger charge is 2.14. The number of hydrogen-bond donors (Lipinski definition) is 2. The van der Waals surface area contributed by atoms with Crippen LogP contribution in [-0.2, 0) is 4.79 Å². The average molecular weight is 241 g/mol. The molecule has 98 valence electrons. The van der Waals surface area contributed by atoms with Gasteiger partial charge >= 0.3 is 6.03 Å². The Balaban J connectivity index is 2.09. The summed E-state index contributed by atoms with van der Waals surface area (Å²) in [5, 5.41) is 2.89. The van der Waals surface area contributed by atoms with Crippen molar-refractivity contribution in [1.82, 2.24) is 10.2 Å². The zero-order valence-corrected chi connectivity index (χ0v) is 10.4. The van der Waals surface area contributed by atoms with Gasteiger partial charge in [0.25, 0.3) is 0 Å². The Labute approximate surface area is 103 Å². The normalized spacial score (nSPS) is 16.4. The third-order valence-corrected chi connectivity index (χ3v) is 3.02. The van der Waals surface area contributed by atoms with Gasteiger partial charge in [0.2, 0.25) is 5.91 Å². The minimum atomic E-state index is -0.274. The van der Waals surface area contributed by atoms with Gasteiger partial charge in [-0.1, -0.05) is 12.8 Å². The molecule has 0 atom stereocenters. The summed E-state index contributed by atoms with van der Waals surface area (Å²) in [6.45, 7) is 2.36. The molecule has 0 aromatic heterocycles. The van der Waals surface area contributed by atoms with E-state index in [4.69, 9.17) is 5.73 Å². The first-order valence-corrected chi connectivity index (χ1v) is 6.51. The lowest BCUT2D eigenvalue weighted by atomic mass is 10.2. The standard InChI is InChI=1S/C12H23N3O2/c13-11(16)7-3-4-8-14-12(17)15-9-5-1-2-6-10-15/h1-10H2,(H2,13,16)(H,14,17). The van der Waals surface area contributed by atoms with E-state index in [-0.39, 0.29) is 11.9 Å². The summed E-state index contributed by atoms with van der Waals surface area (Å²) in [7, 11) is 0. The molecule has 5 nitrogen and oxygen atoms in total. The molecule has 0 bridgehead atoms. The van der Waals surface area contributed by atoms with Crippen LogP contribution < -0.4 is 11.1 Å². The van der Waals surface area contributed by atoms with Crippen molar-refractivity contribution < 1.29 is 9.59 Å². The van der Waals surface area contributed by atoms with Gasteiger partial charge in [-0.25, -0.2) is 4.79 Å². The van der Waals surface area contributed by atoms with Gasteiger partial charge in [-0.05, 0) is 25.7 Å². The molecule has 0 spiro atoms. The van der Waals surface area contributed by atoms with E-state index in [0.29, 0.717) is 13.0 Å². The maximum Gasteiger partial charge on any atom is 0.317 e. The molecule has 0 aromatic carbocycles. The van der Waals surface area contributed by atoms with Gasteiger partial charge in [0.1, 0.15) is 0 Å². The molecular weight excluding hydrogens is 218 g/mol. The zero-order valence-electron chi connectivity index (χ0n) is 10.4. The predicted molar refractivity (Wildman–Crippen MR) is 66.5 cm³/mol. The third kappa shape index (κ3) is 6.14. The summed E-state index contributed by atoms with van der Waals surface area (Å²) >= 11 is 0. The first-order chi connectivity index (χ1) is 8.20. The van der Waals surface area contributed by atoms with Crippen LogP contribution in [0, 0.1) is 0 Å². The molecule has 1 aliphatic rings. The number of hydrogen-bond acceptors (Lipinski definition) is 2. The topological polar surface area (TPSA) is 75.4 Å². The molecule has 1 saturated heterocycles. The fraction of sp³-hybridized carbons (Fsp3) is 0.833. The van der Waals surface area contributed by atoms with Gasteiger partial charge in [0.15, 0.2) is 0 Å². The molecule has 3 N–H and O–H groups in total. The number of urea groups is 1. The van der Waals surface area contributed by atoms with E-state index in [9.17, 15) is 9.59 Å². The summed E-state index contributed by atoms with van der Waals surface area (Å²) in [6.07, 6.45) is 6.62. The monoisotopic (exact) mass is 241 g/mol. The molecule has 0 aliphatic carbocycles. The van der Waals surface area contributed by atoms with Crippen molar-refractivity contribution in [1.29, 1.82) is 0 Å². The Hall–Kier alpha value is -1.26. The van der Waals surface area contributed by atoms with E-state index in [1.54, 1.807) is 0 Å². The molecule has 0 radical (unpaired) electrons. The van der Waals surface area contributed by atoms with Crippen LogP contribution in [0.5, 0.6) is 0 Å². The number of nitrogens with one attached hydrogen (secondary N) is 1. The largest absolute Gasteiger partial charge is 0.370 e. The fourth-order valence-electron chi connectivity index (χ4n) is 2.01. The molecule has 5 heteroatoms. The van der Waals surface area contributed by atoms with Crippen LogP contribution in [0.2, 0.25) is 0 Å². The van der Waals surface area contributed by atoms with Crippen molar-refractivity contribution in [3.63, 3.8) is 0 Å². The minimum absolute atomic E-state index is 0.0333. The van der Waals surface area contributed by atoms with Crippen LogP contribution in [0.1, 0.15) is 44.9 Å². The molecule has 0 saturated carbocycles. The van der Waals surface area contributed by atoms with Crippen LogP contribution >= 0.6 is 0 Å². The van der Waals surface area contributed by atoms with Crippen molar-refractivity contribution >= 4 is 11.9 Å². The summed E-state index contributed by atoms with van der Waals surface area (Å²) < 4.78 is 0. The third-order valence-electron chi connectivity index (χ3n) is 3.02. The Bertz CT molecular complexity index is 248. The lowest BCUT2D eigenvalue weighted by Crippen LogP contribution is -2.40. The molecule has 1 heterocycles. The van der Waals surface area contributed by atoms with Crippen LogP contribution in [-0.4, -0.2) is 36.5 Å². The summed E-state index contributed by atoms with van der Waals surface area (Å²) in [5.41, 5.74) is 5.03. The molecule has 1 fully saturated rings. The Morgan fingerprint density at radius 2 is 1.71 bits per heavy atom. The van der Waals surface area contributed by atoms with Crippen LogP contribution in [0.4, 0.5) is 4.79 Å². The van der Waals surface area contributed by atoms with E-state index in [0.717, 1.165) is 38.8 Å². The first-order valence-electron chi connectivity index (χ1n) is 6.51. The van der Waals surface area contributed by atoms with E-state index in [2.05, 4.69) is 5.32 Å². The highest BCUT2D eigenvalue weighted by molar-refractivity contribution is 5.74. The molecule has 0 aromatic rings. The number of nitrogens with zero attached hydrogens (tertiary/aromatic N) is 1. The number of primary amides is 1. The Morgan fingerprint density at radius 3 is 2.29 bits per heavy atom. The smallest absolute Gasteiger partial charge is 0.317 e. The molecular formula is C12H23N3O2. The van der Waals surface area contributed by atoms with Crippen LogP contribution in [0.15, 0.2) is 0 Å². The van der Waals surface area contributed by atoms with Crippen molar-refractivity contribution in [2.45, 2.75) is 44.9 Å². The highest BCUT2D eigenvalue weighted by atomic mass is 16.2. The van der Waals surface area contributed by atoms with Crippen molar-refractivity contribution in [3.05, 3.63) is 0 Å². The Kier molecular flexibility index (Phi) is 6.43. The number of likely N-dealkylation sites (tertiary alicyclic amines) is 1. The van der Waals surface area contributed by atoms with Gasteiger partial charge in [-0.15, -0.1) is 0 Å². The lowest BCUT2D eigenvalue weighted by Gasteiger charge is -2.20. The summed E-state index contributed by atoms with van der Waals surface area (Å²) in [4.78, 5) is 24.2. The SMILES string of the molecule is NC(=O)CCCCNC(=O)N1CCCCCC1. The summed E-state index contributed by atoms with van der Waals surface area (Å²) in [5.74, 6) is -0.274. The van der Waals surface area contributed by atoms with E-state index in [1.807, 2.05) is 4.90 Å². The maximum atomic E-state index is 11.8. The number of carbonyl (C=O) groups excluding carboxylic acids is 2. The zero-order chi connectivity index (χ0) is 12.5. The Morgan fingerprint density at radius 1 is 1.06 bits per heavy atom. The van der Waals surface area contributed by atoms with Gasteiger partial charge in [0, 0.05) is 26.1 Å². The second kappa shape index (κ2) is 7.92. The number of amides is 3. The minimum Gasteiger partial charge on any atom is -0.370 e. The van der Waals surface area contributed by atoms with Crippen LogP contribution in [0.25, 0.3) is 0 Å². The highest BCUT2D eigenvalue weighted by Crippen LogP contribution is 2.09. The molecule has 3 amide bonds. The number of carbonyl (C=O) groups is 2. The second-order valence-corrected chi connectivity index (χ2v) is 4.56. The molecule has 0 unspecified atom stereocenters. The van der Waals surface area contributed by atoms with Crippen molar-refractivity contribution in [3.8, 4) is 0 Å². The van der Waals surface area contributed by atoms with E-state index >= 15 is 0 Å². The quantitative estimate of drug-likeness (QED) is 0.710. The van der Waals surface area contributed by atoms with Gasteiger partial charge in [0.05, 0.1) is 0 Å². The average Bonchev–Trinajstić information content (AvgIpc) is 2.56. The molecule has 17 heavy (non-hydrogen) atoms. The fourth-order valence-corrected chi connectivity index (χ4v) is 2.01. The maximum absolute atomic E-state index is 11.8. The van der Waals surface area contributed by atoms with E-state index < -0.39 is 0 Å².